The first-order valence-corrected chi connectivity index (χ1v) is 22.7. The van der Waals surface area contributed by atoms with Gasteiger partial charge in [-0.3, -0.25) is 33.7 Å². The fourth-order valence-electron chi connectivity index (χ4n) is 8.02. The number of anilines is 2. The van der Waals surface area contributed by atoms with Crippen molar-refractivity contribution in [3.63, 3.8) is 0 Å². The number of likely N-dealkylation sites (N-methyl/N-ethyl adjacent to an activating group) is 1. The summed E-state index contributed by atoms with van der Waals surface area (Å²) in [7, 11) is 1.90. The van der Waals surface area contributed by atoms with Gasteiger partial charge in [-0.2, -0.15) is 0 Å². The first-order valence-electron chi connectivity index (χ1n) is 22.7. The van der Waals surface area contributed by atoms with E-state index in [9.17, 15) is 28.8 Å². The fraction of sp³-hybridized carbons (Fsp3) is 0.444. The third-order valence-electron chi connectivity index (χ3n) is 13.0. The van der Waals surface area contributed by atoms with E-state index in [1.807, 2.05) is 39.6 Å². The van der Waals surface area contributed by atoms with Crippen molar-refractivity contribution < 1.29 is 28.8 Å². The monoisotopic (exact) mass is 869 g/mol. The van der Waals surface area contributed by atoms with Crippen molar-refractivity contribution in [2.24, 2.45) is 10.8 Å². The molecule has 10 heteroatoms. The Bertz CT molecular complexity index is 2490. The van der Waals surface area contributed by atoms with Gasteiger partial charge in [-0.25, -0.2) is 0 Å². The summed E-state index contributed by atoms with van der Waals surface area (Å²) in [5.74, 6) is -2.58. The topological polar surface area (TPSA) is 142 Å². The van der Waals surface area contributed by atoms with Gasteiger partial charge in [0.25, 0.3) is 0 Å². The maximum Gasteiger partial charge on any atom is 0.238 e. The Hall–Kier alpha value is -5.58. The van der Waals surface area contributed by atoms with Crippen LogP contribution in [0.5, 0.6) is 0 Å². The molecule has 0 spiro atoms. The Morgan fingerprint density at radius 3 is 1.33 bits per heavy atom. The number of nitrogens with one attached hydrogen (secondary N) is 3. The minimum absolute atomic E-state index is 0.000586. The molecule has 4 aromatic rings. The lowest BCUT2D eigenvalue weighted by Crippen LogP contribution is -2.45. The van der Waals surface area contributed by atoms with Gasteiger partial charge < -0.3 is 16.0 Å². The Morgan fingerprint density at radius 2 is 0.922 bits per heavy atom. The van der Waals surface area contributed by atoms with Crippen molar-refractivity contribution in [2.75, 3.05) is 30.8 Å². The van der Waals surface area contributed by atoms with E-state index in [1.165, 1.54) is 0 Å². The molecule has 2 aliphatic rings. The quantitative estimate of drug-likeness (QED) is 0.0926. The zero-order chi connectivity index (χ0) is 47.5. The minimum Gasteiger partial charge on any atom is -0.324 e. The van der Waals surface area contributed by atoms with E-state index < -0.39 is 29.0 Å². The lowest BCUT2D eigenvalue weighted by atomic mass is 9.75. The molecule has 4 aromatic carbocycles. The van der Waals surface area contributed by atoms with Crippen LogP contribution >= 0.6 is 0 Å². The van der Waals surface area contributed by atoms with Gasteiger partial charge in [0.1, 0.15) is 0 Å². The summed E-state index contributed by atoms with van der Waals surface area (Å²) < 4.78 is 0. The summed E-state index contributed by atoms with van der Waals surface area (Å²) >= 11 is 0. The lowest BCUT2D eigenvalue weighted by Gasteiger charge is -2.38. The summed E-state index contributed by atoms with van der Waals surface area (Å²) in [6.07, 6.45) is 4.68. The number of benzene rings is 4. The molecule has 10 nitrogen and oxygen atoms in total. The predicted molar refractivity (Wildman–Crippen MR) is 258 cm³/mol. The van der Waals surface area contributed by atoms with Crippen molar-refractivity contribution in [1.82, 2.24) is 10.2 Å². The lowest BCUT2D eigenvalue weighted by molar-refractivity contribution is -0.118. The summed E-state index contributed by atoms with van der Waals surface area (Å²) in [5, 5.41) is 9.18. The average molecular weight is 869 g/mol. The smallest absolute Gasteiger partial charge is 0.238 e. The van der Waals surface area contributed by atoms with Crippen LogP contribution < -0.4 is 16.0 Å². The molecule has 0 bridgehead atoms. The van der Waals surface area contributed by atoms with Crippen molar-refractivity contribution in [1.29, 1.82) is 0 Å². The summed E-state index contributed by atoms with van der Waals surface area (Å²) in [6.45, 7) is 25.5. The van der Waals surface area contributed by atoms with E-state index in [0.717, 1.165) is 32.1 Å². The van der Waals surface area contributed by atoms with Crippen LogP contribution in [0, 0.1) is 10.8 Å². The Labute approximate surface area is 380 Å². The van der Waals surface area contributed by atoms with Crippen LogP contribution in [0.3, 0.4) is 0 Å². The third kappa shape index (κ3) is 10.7. The summed E-state index contributed by atoms with van der Waals surface area (Å²) in [6, 6.07) is 19.4. The van der Waals surface area contributed by atoms with Crippen molar-refractivity contribution in [3.05, 3.63) is 117 Å². The Kier molecular flexibility index (Phi) is 14.9. The molecular formula is C54H68N4O6. The normalized spacial score (nSPS) is 13.7. The van der Waals surface area contributed by atoms with Crippen molar-refractivity contribution >= 4 is 46.3 Å². The first-order chi connectivity index (χ1) is 29.9. The highest BCUT2D eigenvalue weighted by Crippen LogP contribution is 2.44. The molecule has 340 valence electrons. The van der Waals surface area contributed by atoms with E-state index in [-0.39, 0.29) is 108 Å². The highest BCUT2D eigenvalue weighted by molar-refractivity contribution is 6.35. The highest BCUT2D eigenvalue weighted by Gasteiger charge is 2.39. The molecule has 2 amide bonds. The number of fused-ring (bicyclic) bond motifs is 4. The van der Waals surface area contributed by atoms with E-state index >= 15 is 0 Å². The van der Waals surface area contributed by atoms with Gasteiger partial charge in [-0.15, -0.1) is 0 Å². The van der Waals surface area contributed by atoms with Crippen molar-refractivity contribution in [3.8, 4) is 11.1 Å². The van der Waals surface area contributed by atoms with E-state index in [0.29, 0.717) is 0 Å². The van der Waals surface area contributed by atoms with Gasteiger partial charge in [0.15, 0.2) is 23.1 Å². The fourth-order valence-corrected chi connectivity index (χ4v) is 8.02. The molecular weight excluding hydrogens is 801 g/mol. The molecule has 0 aliphatic heterocycles. The number of carbonyl (C=O) groups is 6. The molecule has 3 N–H and O–H groups in total. The van der Waals surface area contributed by atoms with Crippen molar-refractivity contribution in [2.45, 2.75) is 126 Å². The van der Waals surface area contributed by atoms with Gasteiger partial charge in [0.05, 0.1) is 35.6 Å². The number of amides is 2. The second kappa shape index (κ2) is 19.3. The maximum absolute atomic E-state index is 14.7. The predicted octanol–water partition coefficient (Wildman–Crippen LogP) is 10.9. The number of hydrogen-bond acceptors (Lipinski definition) is 8. The molecule has 0 heterocycles. The van der Waals surface area contributed by atoms with E-state index in [4.69, 9.17) is 0 Å². The molecule has 0 radical (unpaired) electrons. The van der Waals surface area contributed by atoms with Crippen LogP contribution in [-0.2, 0) is 9.59 Å². The molecule has 0 saturated carbocycles. The second-order valence-electron chi connectivity index (χ2n) is 20.3. The summed E-state index contributed by atoms with van der Waals surface area (Å²) in [4.78, 5) is 87.6. The number of ketones is 4. The van der Waals surface area contributed by atoms with Crippen LogP contribution in [-0.4, -0.2) is 71.1 Å². The molecule has 0 atom stereocenters. The van der Waals surface area contributed by atoms with Crippen LogP contribution in [0.1, 0.15) is 179 Å². The van der Waals surface area contributed by atoms with E-state index in [2.05, 4.69) is 71.3 Å². The summed E-state index contributed by atoms with van der Waals surface area (Å²) in [5.41, 5.74) is 1.28. The average Bonchev–Trinajstić information content (AvgIpc) is 3.25. The minimum atomic E-state index is -0.461. The van der Waals surface area contributed by atoms with Gasteiger partial charge in [-0.1, -0.05) is 122 Å². The zero-order valence-electron chi connectivity index (χ0n) is 40.3. The molecule has 6 rings (SSSR count). The standard InChI is InChI=1S/C52H62N4O6.C2H6/c1-12-50(5,6)26-28-52(9,10)56(11)30-40(58)55-38-24-22-32(42-44(38)48(62)36-20-16-14-18-34(36)46(42)60)31-21-23-37(54-39(57)29-53-51(7,8)27-25-49(2,3)4)43-41(31)45(59)33-17-13-15-19-35(33)47(43)61;1-2/h13-24,53H,12,25-30H2,1-11H3,(H,54,57)(H,55,58);1-2H3. The largest absolute Gasteiger partial charge is 0.324 e. The number of rotatable bonds is 15. The SMILES string of the molecule is CC.CCC(C)(C)CCC(C)(C)N(C)CC(=O)Nc1ccc(-c2ccc(NC(=O)CNC(C)(C)CCC(C)(C)C)c3c2C(=O)c2ccccc2C3=O)c2c1C(=O)c1ccccc1C2=O. The Morgan fingerprint density at radius 1 is 0.516 bits per heavy atom. The van der Waals surface area contributed by atoms with E-state index in [1.54, 1.807) is 72.8 Å². The zero-order valence-corrected chi connectivity index (χ0v) is 40.3. The number of nitrogens with zero attached hydrogens (tertiary/aromatic N) is 1. The Balaban J connectivity index is 0.00000380. The van der Waals surface area contributed by atoms with Crippen LogP contribution in [0.25, 0.3) is 11.1 Å². The highest BCUT2D eigenvalue weighted by atomic mass is 16.2. The van der Waals surface area contributed by atoms with Crippen LogP contribution in [0.2, 0.25) is 0 Å². The van der Waals surface area contributed by atoms with Gasteiger partial charge in [0.2, 0.25) is 11.8 Å². The molecule has 0 saturated heterocycles. The number of hydrogen-bond donors (Lipinski definition) is 3. The molecule has 2 aliphatic carbocycles. The molecule has 0 aromatic heterocycles. The van der Waals surface area contributed by atoms with Gasteiger partial charge in [0, 0.05) is 44.5 Å². The first kappa shape index (κ1) is 49.4. The molecule has 64 heavy (non-hydrogen) atoms. The number of carbonyl (C=O) groups excluding carboxylic acids is 6. The maximum atomic E-state index is 14.7. The third-order valence-corrected chi connectivity index (χ3v) is 13.0. The molecule has 0 fully saturated rings. The van der Waals surface area contributed by atoms with Crippen LogP contribution in [0.4, 0.5) is 11.4 Å². The van der Waals surface area contributed by atoms with Gasteiger partial charge in [-0.05, 0) is 94.5 Å². The second-order valence-corrected chi connectivity index (χ2v) is 20.3. The van der Waals surface area contributed by atoms with Gasteiger partial charge >= 0.3 is 0 Å². The molecule has 0 unspecified atom stereocenters. The van der Waals surface area contributed by atoms with Crippen LogP contribution in [0.15, 0.2) is 72.8 Å².